The molecule has 0 aromatic carbocycles. The van der Waals surface area contributed by atoms with Gasteiger partial charge in [0.05, 0.1) is 5.69 Å². The molecule has 0 amide bonds. The Morgan fingerprint density at radius 1 is 1.27 bits per heavy atom. The molecule has 0 saturated heterocycles. The molecule has 0 unspecified atom stereocenters. The van der Waals surface area contributed by atoms with Crippen LogP contribution in [0.2, 0.25) is 0 Å². The molecular formula is C7H6N4. The quantitative estimate of drug-likeness (QED) is 0.588. The standard InChI is InChI=1S/C7H6N4/c1-2-4-8-6(3-1)7-5-9-11-10-7/h1-4H,5H2. The summed E-state index contributed by atoms with van der Waals surface area (Å²) in [5.41, 5.74) is 1.70. The van der Waals surface area contributed by atoms with Gasteiger partial charge < -0.3 is 0 Å². The summed E-state index contributed by atoms with van der Waals surface area (Å²) in [6.45, 7) is 0.553. The molecule has 11 heavy (non-hydrogen) atoms. The highest BCUT2D eigenvalue weighted by Gasteiger charge is 2.06. The predicted octanol–water partition coefficient (Wildman–Crippen LogP) is 1.25. The second-order valence-corrected chi connectivity index (χ2v) is 2.15. The molecule has 54 valence electrons. The first-order chi connectivity index (χ1) is 5.47. The van der Waals surface area contributed by atoms with E-state index in [4.69, 9.17) is 0 Å². The average molecular weight is 146 g/mol. The van der Waals surface area contributed by atoms with Crippen LogP contribution < -0.4 is 0 Å². The summed E-state index contributed by atoms with van der Waals surface area (Å²) in [7, 11) is 0. The van der Waals surface area contributed by atoms with Crippen LogP contribution in [0.25, 0.3) is 0 Å². The lowest BCUT2D eigenvalue weighted by Crippen LogP contribution is -2.03. The highest BCUT2D eigenvalue weighted by molar-refractivity contribution is 6.00. The van der Waals surface area contributed by atoms with Crippen molar-refractivity contribution < 1.29 is 0 Å². The summed E-state index contributed by atoms with van der Waals surface area (Å²) in [5.74, 6) is 0. The molecule has 4 nitrogen and oxygen atoms in total. The molecule has 0 N–H and O–H groups in total. The Morgan fingerprint density at radius 3 is 2.91 bits per heavy atom. The van der Waals surface area contributed by atoms with Gasteiger partial charge in [-0.05, 0) is 17.4 Å². The number of nitrogens with zero attached hydrogens (tertiary/aromatic N) is 4. The van der Waals surface area contributed by atoms with Crippen molar-refractivity contribution in [2.45, 2.75) is 0 Å². The van der Waals surface area contributed by atoms with Gasteiger partial charge in [-0.3, -0.25) is 4.98 Å². The van der Waals surface area contributed by atoms with E-state index in [0.717, 1.165) is 11.4 Å². The summed E-state index contributed by atoms with van der Waals surface area (Å²) in [6, 6.07) is 5.69. The first kappa shape index (κ1) is 6.15. The van der Waals surface area contributed by atoms with Gasteiger partial charge in [-0.1, -0.05) is 6.07 Å². The third-order valence-electron chi connectivity index (χ3n) is 1.41. The normalized spacial score (nSPS) is 15.1. The third kappa shape index (κ3) is 1.14. The highest BCUT2D eigenvalue weighted by Crippen LogP contribution is 2.02. The van der Waals surface area contributed by atoms with Crippen molar-refractivity contribution in [3.63, 3.8) is 0 Å². The molecule has 0 atom stereocenters. The molecular weight excluding hydrogens is 140 g/mol. The molecule has 1 aromatic rings. The predicted molar refractivity (Wildman–Crippen MR) is 40.5 cm³/mol. The van der Waals surface area contributed by atoms with E-state index in [0.29, 0.717) is 6.54 Å². The molecule has 0 bridgehead atoms. The van der Waals surface area contributed by atoms with Gasteiger partial charge in [-0.2, -0.15) is 5.11 Å². The second kappa shape index (κ2) is 2.57. The van der Waals surface area contributed by atoms with E-state index >= 15 is 0 Å². The van der Waals surface area contributed by atoms with Crippen LogP contribution in [0.15, 0.2) is 39.8 Å². The zero-order chi connectivity index (χ0) is 7.52. The maximum Gasteiger partial charge on any atom is 0.114 e. The van der Waals surface area contributed by atoms with E-state index < -0.39 is 0 Å². The summed E-state index contributed by atoms with van der Waals surface area (Å²) < 4.78 is 0. The minimum absolute atomic E-state index is 0.553. The van der Waals surface area contributed by atoms with Crippen LogP contribution in [0.3, 0.4) is 0 Å². The Morgan fingerprint density at radius 2 is 2.27 bits per heavy atom. The van der Waals surface area contributed by atoms with Crippen LogP contribution in [0.4, 0.5) is 0 Å². The van der Waals surface area contributed by atoms with Crippen molar-refractivity contribution in [3.8, 4) is 0 Å². The number of rotatable bonds is 1. The van der Waals surface area contributed by atoms with Gasteiger partial charge >= 0.3 is 0 Å². The molecule has 4 heteroatoms. The highest BCUT2D eigenvalue weighted by atomic mass is 15.4. The van der Waals surface area contributed by atoms with Crippen molar-refractivity contribution in [2.24, 2.45) is 15.4 Å². The summed E-state index contributed by atoms with van der Waals surface area (Å²) in [6.07, 6.45) is 1.73. The molecule has 1 aromatic heterocycles. The summed E-state index contributed by atoms with van der Waals surface area (Å²) in [5, 5.41) is 11.1. The first-order valence-corrected chi connectivity index (χ1v) is 3.31. The van der Waals surface area contributed by atoms with Crippen molar-refractivity contribution in [3.05, 3.63) is 30.1 Å². The fourth-order valence-electron chi connectivity index (χ4n) is 0.882. The Bertz CT molecular complexity index is 301. The van der Waals surface area contributed by atoms with Gasteiger partial charge in [0.15, 0.2) is 0 Å². The largest absolute Gasteiger partial charge is 0.255 e. The lowest BCUT2D eigenvalue weighted by Gasteiger charge is -1.93. The Balaban J connectivity index is 2.31. The molecule has 0 spiro atoms. The lowest BCUT2D eigenvalue weighted by atomic mass is 10.2. The van der Waals surface area contributed by atoms with Crippen LogP contribution in [0, 0.1) is 0 Å². The fourth-order valence-corrected chi connectivity index (χ4v) is 0.882. The lowest BCUT2D eigenvalue weighted by molar-refractivity contribution is 1.06. The maximum atomic E-state index is 4.11. The maximum absolute atomic E-state index is 4.11. The van der Waals surface area contributed by atoms with Crippen LogP contribution in [-0.4, -0.2) is 17.2 Å². The van der Waals surface area contributed by atoms with Crippen LogP contribution >= 0.6 is 0 Å². The molecule has 0 fully saturated rings. The van der Waals surface area contributed by atoms with E-state index in [1.54, 1.807) is 6.20 Å². The minimum atomic E-state index is 0.553. The van der Waals surface area contributed by atoms with Crippen molar-refractivity contribution >= 4 is 5.71 Å². The zero-order valence-electron chi connectivity index (χ0n) is 5.81. The SMILES string of the molecule is c1ccc(C2=NN=NC2)nc1. The number of hydrogen-bond donors (Lipinski definition) is 0. The van der Waals surface area contributed by atoms with Gasteiger partial charge in [0.2, 0.25) is 0 Å². The number of hydrogen-bond acceptors (Lipinski definition) is 4. The van der Waals surface area contributed by atoms with Gasteiger partial charge in [-0.25, -0.2) is 0 Å². The smallest absolute Gasteiger partial charge is 0.114 e. The minimum Gasteiger partial charge on any atom is -0.255 e. The summed E-state index contributed by atoms with van der Waals surface area (Å²) >= 11 is 0. The van der Waals surface area contributed by atoms with E-state index in [2.05, 4.69) is 20.4 Å². The van der Waals surface area contributed by atoms with E-state index in [1.165, 1.54) is 0 Å². The molecule has 0 radical (unpaired) electrons. The van der Waals surface area contributed by atoms with E-state index in [-0.39, 0.29) is 0 Å². The molecule has 2 heterocycles. The van der Waals surface area contributed by atoms with Gasteiger partial charge in [-0.15, -0.1) is 5.10 Å². The molecule has 0 saturated carbocycles. The Labute approximate surface area is 63.7 Å². The van der Waals surface area contributed by atoms with E-state index in [9.17, 15) is 0 Å². The monoisotopic (exact) mass is 146 g/mol. The molecule has 1 aliphatic heterocycles. The van der Waals surface area contributed by atoms with Gasteiger partial charge in [0.25, 0.3) is 0 Å². The number of pyridine rings is 1. The average Bonchev–Trinajstić information content (AvgIpc) is 2.58. The van der Waals surface area contributed by atoms with Crippen LogP contribution in [-0.2, 0) is 0 Å². The fraction of sp³-hybridized carbons (Fsp3) is 0.143. The first-order valence-electron chi connectivity index (χ1n) is 3.31. The molecule has 1 aliphatic rings. The van der Waals surface area contributed by atoms with Crippen molar-refractivity contribution in [2.75, 3.05) is 6.54 Å². The molecule has 0 aliphatic carbocycles. The van der Waals surface area contributed by atoms with Crippen molar-refractivity contribution in [1.82, 2.24) is 4.98 Å². The van der Waals surface area contributed by atoms with Gasteiger partial charge in [0.1, 0.15) is 12.3 Å². The topological polar surface area (TPSA) is 50.0 Å². The zero-order valence-corrected chi connectivity index (χ0v) is 5.81. The second-order valence-electron chi connectivity index (χ2n) is 2.15. The number of aromatic nitrogens is 1. The van der Waals surface area contributed by atoms with Crippen LogP contribution in [0.1, 0.15) is 5.69 Å². The third-order valence-corrected chi connectivity index (χ3v) is 1.41. The Kier molecular flexibility index (Phi) is 1.44. The van der Waals surface area contributed by atoms with Crippen LogP contribution in [0.5, 0.6) is 0 Å². The van der Waals surface area contributed by atoms with Crippen molar-refractivity contribution in [1.29, 1.82) is 0 Å². The molecule has 2 rings (SSSR count). The van der Waals surface area contributed by atoms with Gasteiger partial charge in [0, 0.05) is 6.20 Å². The van der Waals surface area contributed by atoms with E-state index in [1.807, 2.05) is 18.2 Å². The Hall–Kier alpha value is -1.58. The summed E-state index contributed by atoms with van der Waals surface area (Å²) in [4.78, 5) is 4.11.